The second kappa shape index (κ2) is 15.8. The van der Waals surface area contributed by atoms with Crippen molar-refractivity contribution in [3.05, 3.63) is 35.9 Å². The van der Waals surface area contributed by atoms with E-state index in [0.29, 0.717) is 25.8 Å². The van der Waals surface area contributed by atoms with Gasteiger partial charge in [-0.25, -0.2) is 4.79 Å². The first-order chi connectivity index (χ1) is 16.6. The zero-order valence-electron chi connectivity index (χ0n) is 20.4. The number of aliphatic hydroxyl groups is 1. The average molecular weight is 494 g/mol. The predicted molar refractivity (Wildman–Crippen MR) is 131 cm³/mol. The van der Waals surface area contributed by atoms with Crippen molar-refractivity contribution in [1.29, 1.82) is 0 Å². The van der Waals surface area contributed by atoms with E-state index in [9.17, 15) is 24.3 Å². The number of rotatable bonds is 16. The van der Waals surface area contributed by atoms with Crippen LogP contribution in [0.1, 0.15) is 45.1 Å². The van der Waals surface area contributed by atoms with Crippen LogP contribution in [-0.4, -0.2) is 71.2 Å². The highest BCUT2D eigenvalue weighted by Gasteiger charge is 2.32. The number of carbonyl (C=O) groups is 4. The van der Waals surface area contributed by atoms with Crippen LogP contribution in [0.2, 0.25) is 0 Å². The molecule has 0 bridgehead atoms. The zero-order valence-corrected chi connectivity index (χ0v) is 20.4. The summed E-state index contributed by atoms with van der Waals surface area (Å²) < 4.78 is 0. The Bertz CT molecular complexity index is 822. The van der Waals surface area contributed by atoms with Crippen LogP contribution in [0, 0.1) is 5.92 Å². The second-order valence-corrected chi connectivity index (χ2v) is 8.60. The van der Waals surface area contributed by atoms with Gasteiger partial charge in [-0.3, -0.25) is 14.4 Å². The lowest BCUT2D eigenvalue weighted by atomic mass is 9.96. The minimum atomic E-state index is -1.52. The molecule has 9 N–H and O–H groups in total. The van der Waals surface area contributed by atoms with Gasteiger partial charge in [0, 0.05) is 6.42 Å². The molecule has 196 valence electrons. The third kappa shape index (κ3) is 10.4. The molecule has 0 spiro atoms. The molecule has 1 rings (SSSR count). The van der Waals surface area contributed by atoms with E-state index in [0.717, 1.165) is 12.0 Å². The maximum atomic E-state index is 13.2. The molecule has 11 heteroatoms. The molecule has 5 atom stereocenters. The van der Waals surface area contributed by atoms with Gasteiger partial charge in [0.15, 0.2) is 0 Å². The smallest absolute Gasteiger partial charge is 0.328 e. The van der Waals surface area contributed by atoms with Gasteiger partial charge < -0.3 is 37.6 Å². The van der Waals surface area contributed by atoms with E-state index < -0.39 is 54.5 Å². The third-order valence-electron chi connectivity index (χ3n) is 5.81. The van der Waals surface area contributed by atoms with Crippen molar-refractivity contribution in [2.75, 3.05) is 13.2 Å². The van der Waals surface area contributed by atoms with Crippen molar-refractivity contribution in [2.24, 2.45) is 17.4 Å². The summed E-state index contributed by atoms with van der Waals surface area (Å²) in [6, 6.07) is 4.46. The van der Waals surface area contributed by atoms with E-state index in [1.165, 1.54) is 0 Å². The standard InChI is InChI=1S/C24H39N5O6/c1-3-15(2)20(29-21(31)17(26)11-7-8-12-25)23(33)27-18(13-16-9-5-4-6-10-16)22(32)28-19(14-30)24(34)35/h4-6,9-10,15,17-20,30H,3,7-8,11-14,25-26H2,1-2H3,(H,27,33)(H,28,32)(H,29,31)(H,34,35). The van der Waals surface area contributed by atoms with Gasteiger partial charge in [0.25, 0.3) is 0 Å². The van der Waals surface area contributed by atoms with Crippen LogP contribution in [0.15, 0.2) is 30.3 Å². The summed E-state index contributed by atoms with van der Waals surface area (Å²) in [4.78, 5) is 50.0. The third-order valence-corrected chi connectivity index (χ3v) is 5.81. The first-order valence-corrected chi connectivity index (χ1v) is 11.9. The number of carboxylic acid groups (broad SMARTS) is 1. The van der Waals surface area contributed by atoms with Crippen LogP contribution in [0.3, 0.4) is 0 Å². The fourth-order valence-electron chi connectivity index (χ4n) is 3.38. The number of nitrogens with two attached hydrogens (primary N) is 2. The van der Waals surface area contributed by atoms with Crippen LogP contribution < -0.4 is 27.4 Å². The maximum Gasteiger partial charge on any atom is 0.328 e. The van der Waals surface area contributed by atoms with Gasteiger partial charge in [-0.1, -0.05) is 57.0 Å². The Kier molecular flexibility index (Phi) is 13.5. The summed E-state index contributed by atoms with van der Waals surface area (Å²) in [5.41, 5.74) is 12.2. The number of hydrogen-bond acceptors (Lipinski definition) is 7. The van der Waals surface area contributed by atoms with Gasteiger partial charge in [-0.15, -0.1) is 0 Å². The number of carbonyl (C=O) groups excluding carboxylic acids is 3. The lowest BCUT2D eigenvalue weighted by Gasteiger charge is -2.28. The van der Waals surface area contributed by atoms with Crippen LogP contribution in [0.5, 0.6) is 0 Å². The number of nitrogens with one attached hydrogen (secondary N) is 3. The SMILES string of the molecule is CCC(C)C(NC(=O)C(N)CCCCN)C(=O)NC(Cc1ccccc1)C(=O)NC(CO)C(=O)O. The molecule has 0 heterocycles. The Morgan fingerprint density at radius 1 is 0.943 bits per heavy atom. The van der Waals surface area contributed by atoms with Crippen LogP contribution >= 0.6 is 0 Å². The van der Waals surface area contributed by atoms with Crippen LogP contribution in [-0.2, 0) is 25.6 Å². The molecule has 5 unspecified atom stereocenters. The molecule has 35 heavy (non-hydrogen) atoms. The summed E-state index contributed by atoms with van der Waals surface area (Å²) in [6.45, 7) is 3.35. The molecular formula is C24H39N5O6. The lowest BCUT2D eigenvalue weighted by Crippen LogP contribution is -2.59. The largest absolute Gasteiger partial charge is 0.480 e. The Labute approximate surface area is 206 Å². The van der Waals surface area contributed by atoms with Gasteiger partial charge in [0.1, 0.15) is 18.1 Å². The summed E-state index contributed by atoms with van der Waals surface area (Å²) in [5.74, 6) is -3.50. The van der Waals surface area contributed by atoms with Crippen LogP contribution in [0.25, 0.3) is 0 Å². The first-order valence-electron chi connectivity index (χ1n) is 11.9. The Hall–Kier alpha value is -3.02. The van der Waals surface area contributed by atoms with E-state index >= 15 is 0 Å². The maximum absolute atomic E-state index is 13.2. The van der Waals surface area contributed by atoms with E-state index in [4.69, 9.17) is 16.6 Å². The normalized spacial score (nSPS) is 15.2. The number of hydrogen-bond donors (Lipinski definition) is 7. The zero-order chi connectivity index (χ0) is 26.4. The van der Waals surface area contributed by atoms with E-state index in [1.54, 1.807) is 37.3 Å². The fourth-order valence-corrected chi connectivity index (χ4v) is 3.38. The summed E-state index contributed by atoms with van der Waals surface area (Å²) >= 11 is 0. The topological polar surface area (TPSA) is 197 Å². The second-order valence-electron chi connectivity index (χ2n) is 8.60. The van der Waals surface area contributed by atoms with Gasteiger partial charge in [-0.2, -0.15) is 0 Å². The van der Waals surface area contributed by atoms with Crippen molar-refractivity contribution in [1.82, 2.24) is 16.0 Å². The van der Waals surface area contributed by atoms with Crippen LogP contribution in [0.4, 0.5) is 0 Å². The minimum Gasteiger partial charge on any atom is -0.480 e. The lowest BCUT2D eigenvalue weighted by molar-refractivity contribution is -0.143. The Balaban J connectivity index is 3.04. The summed E-state index contributed by atoms with van der Waals surface area (Å²) in [6.07, 6.45) is 2.49. The highest BCUT2D eigenvalue weighted by atomic mass is 16.4. The number of benzene rings is 1. The molecule has 0 saturated heterocycles. The number of unbranched alkanes of at least 4 members (excludes halogenated alkanes) is 1. The first kappa shape index (κ1) is 30.0. The molecule has 0 fully saturated rings. The minimum absolute atomic E-state index is 0.0793. The average Bonchev–Trinajstić information content (AvgIpc) is 2.84. The van der Waals surface area contributed by atoms with E-state index in [1.807, 2.05) is 6.92 Å². The number of carboxylic acids is 1. The van der Waals surface area contributed by atoms with Gasteiger partial charge in [0.05, 0.1) is 12.6 Å². The Morgan fingerprint density at radius 2 is 1.57 bits per heavy atom. The van der Waals surface area contributed by atoms with Gasteiger partial charge in [-0.05, 0) is 30.9 Å². The molecule has 0 aliphatic carbocycles. The molecule has 3 amide bonds. The van der Waals surface area contributed by atoms with Crippen molar-refractivity contribution >= 4 is 23.7 Å². The molecule has 11 nitrogen and oxygen atoms in total. The van der Waals surface area contributed by atoms with E-state index in [-0.39, 0.29) is 12.3 Å². The predicted octanol–water partition coefficient (Wildman–Crippen LogP) is -0.737. The highest BCUT2D eigenvalue weighted by molar-refractivity contribution is 5.94. The van der Waals surface area contributed by atoms with E-state index in [2.05, 4.69) is 16.0 Å². The number of aliphatic carboxylic acids is 1. The molecule has 0 aromatic heterocycles. The van der Waals surface area contributed by atoms with Crippen molar-refractivity contribution in [2.45, 2.75) is 70.1 Å². The summed E-state index contributed by atoms with van der Waals surface area (Å²) in [7, 11) is 0. The quantitative estimate of drug-likeness (QED) is 0.146. The molecule has 0 saturated carbocycles. The summed E-state index contributed by atoms with van der Waals surface area (Å²) in [5, 5.41) is 26.0. The fraction of sp³-hybridized carbons (Fsp3) is 0.583. The Morgan fingerprint density at radius 3 is 2.11 bits per heavy atom. The molecule has 0 aliphatic rings. The molecular weight excluding hydrogens is 454 g/mol. The van der Waals surface area contributed by atoms with Gasteiger partial charge >= 0.3 is 5.97 Å². The van der Waals surface area contributed by atoms with Crippen molar-refractivity contribution in [3.8, 4) is 0 Å². The van der Waals surface area contributed by atoms with Crippen molar-refractivity contribution in [3.63, 3.8) is 0 Å². The molecule has 1 aromatic carbocycles. The monoisotopic (exact) mass is 493 g/mol. The number of aliphatic hydroxyl groups excluding tert-OH is 1. The molecule has 0 aliphatic heterocycles. The van der Waals surface area contributed by atoms with Gasteiger partial charge in [0.2, 0.25) is 17.7 Å². The van der Waals surface area contributed by atoms with Crippen molar-refractivity contribution < 1.29 is 29.4 Å². The molecule has 1 aromatic rings. The molecule has 0 radical (unpaired) electrons. The highest BCUT2D eigenvalue weighted by Crippen LogP contribution is 2.11. The number of amides is 3.